The van der Waals surface area contributed by atoms with Gasteiger partial charge in [-0.25, -0.2) is 0 Å². The van der Waals surface area contributed by atoms with Crippen LogP contribution in [-0.4, -0.2) is 31.8 Å². The SMILES string of the molecule is COc1ccc(NC(=S)NC(=O)c2ccc3nsnc3c2)cc1[N+](=O)[O-]. The Morgan fingerprint density at radius 2 is 2.00 bits per heavy atom. The highest BCUT2D eigenvalue weighted by Gasteiger charge is 2.16. The van der Waals surface area contributed by atoms with Gasteiger partial charge >= 0.3 is 5.69 Å². The number of anilines is 1. The van der Waals surface area contributed by atoms with E-state index in [9.17, 15) is 14.9 Å². The second kappa shape index (κ2) is 7.37. The van der Waals surface area contributed by atoms with Gasteiger partial charge in [0.25, 0.3) is 5.91 Å². The van der Waals surface area contributed by atoms with Crippen molar-refractivity contribution < 1.29 is 14.5 Å². The normalized spacial score (nSPS) is 10.3. The molecule has 0 bridgehead atoms. The highest BCUT2D eigenvalue weighted by Crippen LogP contribution is 2.29. The Labute approximate surface area is 156 Å². The van der Waals surface area contributed by atoms with Gasteiger partial charge in [0.1, 0.15) is 11.0 Å². The minimum absolute atomic E-state index is 0.00552. The Bertz CT molecular complexity index is 1020. The zero-order valence-electron chi connectivity index (χ0n) is 13.3. The Morgan fingerprint density at radius 3 is 2.73 bits per heavy atom. The maximum atomic E-state index is 12.3. The van der Waals surface area contributed by atoms with Crippen molar-refractivity contribution in [1.29, 1.82) is 0 Å². The summed E-state index contributed by atoms with van der Waals surface area (Å²) in [5.41, 5.74) is 1.83. The number of fused-ring (bicyclic) bond motifs is 1. The van der Waals surface area contributed by atoms with Crippen molar-refractivity contribution in [3.8, 4) is 5.75 Å². The summed E-state index contributed by atoms with van der Waals surface area (Å²) in [5, 5.41) is 16.3. The fourth-order valence-corrected chi connectivity index (χ4v) is 2.90. The number of thiocarbonyl (C=S) groups is 1. The lowest BCUT2D eigenvalue weighted by Crippen LogP contribution is -2.34. The fraction of sp³-hybridized carbons (Fsp3) is 0.0667. The van der Waals surface area contributed by atoms with Crippen molar-refractivity contribution in [3.63, 3.8) is 0 Å². The molecule has 0 fully saturated rings. The fourth-order valence-electron chi connectivity index (χ4n) is 2.17. The summed E-state index contributed by atoms with van der Waals surface area (Å²) in [6.07, 6.45) is 0. The van der Waals surface area contributed by atoms with Crippen LogP contribution < -0.4 is 15.4 Å². The third-order valence-electron chi connectivity index (χ3n) is 3.38. The summed E-state index contributed by atoms with van der Waals surface area (Å²) in [6.45, 7) is 0. The molecule has 0 unspecified atom stereocenters. The molecule has 0 aliphatic heterocycles. The number of carbonyl (C=O) groups excluding carboxylic acids is 1. The first kappa shape index (κ1) is 17.6. The highest BCUT2D eigenvalue weighted by atomic mass is 32.1. The summed E-state index contributed by atoms with van der Waals surface area (Å²) in [5.74, 6) is -0.305. The number of nitrogens with one attached hydrogen (secondary N) is 2. The summed E-state index contributed by atoms with van der Waals surface area (Å²) < 4.78 is 13.1. The van der Waals surface area contributed by atoms with Gasteiger partial charge in [-0.15, -0.1) is 0 Å². The third kappa shape index (κ3) is 3.73. The van der Waals surface area contributed by atoms with Gasteiger partial charge in [0.2, 0.25) is 0 Å². The van der Waals surface area contributed by atoms with Crippen LogP contribution in [0.2, 0.25) is 0 Å². The number of aromatic nitrogens is 2. The van der Waals surface area contributed by atoms with Gasteiger partial charge in [0.15, 0.2) is 10.9 Å². The van der Waals surface area contributed by atoms with Crippen molar-refractivity contribution in [2.45, 2.75) is 0 Å². The highest BCUT2D eigenvalue weighted by molar-refractivity contribution is 7.80. The third-order valence-corrected chi connectivity index (χ3v) is 4.14. The Balaban J connectivity index is 1.71. The number of amides is 1. The van der Waals surface area contributed by atoms with Crippen LogP contribution in [0.25, 0.3) is 11.0 Å². The van der Waals surface area contributed by atoms with Crippen molar-refractivity contribution in [1.82, 2.24) is 14.1 Å². The molecule has 2 aromatic carbocycles. The summed E-state index contributed by atoms with van der Waals surface area (Å²) in [4.78, 5) is 22.8. The molecule has 0 spiro atoms. The van der Waals surface area contributed by atoms with Crippen LogP contribution in [0.15, 0.2) is 36.4 Å². The smallest absolute Gasteiger partial charge is 0.312 e. The predicted molar refractivity (Wildman–Crippen MR) is 101 cm³/mol. The lowest BCUT2D eigenvalue weighted by Gasteiger charge is -2.10. The first-order valence-electron chi connectivity index (χ1n) is 7.15. The molecule has 9 nitrogen and oxygen atoms in total. The minimum atomic E-state index is -0.567. The number of carbonyl (C=O) groups is 1. The minimum Gasteiger partial charge on any atom is -0.490 e. The van der Waals surface area contributed by atoms with Gasteiger partial charge in [-0.05, 0) is 42.5 Å². The molecule has 0 atom stereocenters. The maximum absolute atomic E-state index is 12.3. The monoisotopic (exact) mass is 389 g/mol. The van der Waals surface area contributed by atoms with E-state index in [1.807, 2.05) is 0 Å². The second-order valence-electron chi connectivity index (χ2n) is 5.02. The Morgan fingerprint density at radius 1 is 1.23 bits per heavy atom. The molecule has 11 heteroatoms. The number of hydrogen-bond donors (Lipinski definition) is 2. The zero-order valence-corrected chi connectivity index (χ0v) is 14.9. The van der Waals surface area contributed by atoms with E-state index in [0.717, 1.165) is 11.7 Å². The van der Waals surface area contributed by atoms with E-state index in [4.69, 9.17) is 17.0 Å². The van der Waals surface area contributed by atoms with Gasteiger partial charge in [0.05, 0.1) is 23.8 Å². The molecule has 26 heavy (non-hydrogen) atoms. The number of nitro groups is 1. The van der Waals surface area contributed by atoms with Crippen molar-refractivity contribution in [2.75, 3.05) is 12.4 Å². The quantitative estimate of drug-likeness (QED) is 0.397. The molecule has 0 aliphatic rings. The molecule has 3 rings (SSSR count). The largest absolute Gasteiger partial charge is 0.490 e. The van der Waals surface area contributed by atoms with E-state index in [0.29, 0.717) is 22.3 Å². The van der Waals surface area contributed by atoms with Gasteiger partial charge in [0, 0.05) is 17.3 Å². The molecular weight excluding hydrogens is 378 g/mol. The van der Waals surface area contributed by atoms with Gasteiger partial charge < -0.3 is 10.1 Å². The molecular formula is C15H11N5O4S2. The molecule has 3 aromatic rings. The van der Waals surface area contributed by atoms with Crippen LogP contribution in [0.1, 0.15) is 10.4 Å². The molecule has 1 amide bonds. The zero-order chi connectivity index (χ0) is 18.7. The van der Waals surface area contributed by atoms with Gasteiger partial charge in [-0.1, -0.05) is 0 Å². The summed E-state index contributed by atoms with van der Waals surface area (Å²) in [7, 11) is 1.34. The van der Waals surface area contributed by atoms with Crippen LogP contribution in [-0.2, 0) is 0 Å². The number of rotatable bonds is 4. The van der Waals surface area contributed by atoms with E-state index in [2.05, 4.69) is 19.4 Å². The van der Waals surface area contributed by atoms with E-state index in [1.165, 1.54) is 19.2 Å². The van der Waals surface area contributed by atoms with Crippen molar-refractivity contribution in [2.24, 2.45) is 0 Å². The first-order valence-corrected chi connectivity index (χ1v) is 8.29. The number of benzene rings is 2. The summed E-state index contributed by atoms with van der Waals surface area (Å²) >= 11 is 6.15. The van der Waals surface area contributed by atoms with Gasteiger partial charge in [-0.3, -0.25) is 20.2 Å². The summed E-state index contributed by atoms with van der Waals surface area (Å²) in [6, 6.07) is 9.17. The second-order valence-corrected chi connectivity index (χ2v) is 5.96. The molecule has 0 aliphatic carbocycles. The van der Waals surface area contributed by atoms with Crippen molar-refractivity contribution in [3.05, 3.63) is 52.1 Å². The topological polar surface area (TPSA) is 119 Å². The van der Waals surface area contributed by atoms with Crippen LogP contribution in [0, 0.1) is 10.1 Å². The number of nitro benzene ring substituents is 1. The van der Waals surface area contributed by atoms with Crippen LogP contribution in [0.3, 0.4) is 0 Å². The molecule has 0 saturated carbocycles. The predicted octanol–water partition coefficient (Wildman–Crippen LogP) is 2.73. The standard InChI is InChI=1S/C15H11N5O4S2/c1-24-13-5-3-9(7-12(13)20(22)23)16-15(25)17-14(21)8-2-4-10-11(6-8)19-26-18-10/h2-7H,1H3,(H2,16,17,21,25). The Hall–Kier alpha value is -3.18. The Kier molecular flexibility index (Phi) is 5.00. The lowest BCUT2D eigenvalue weighted by atomic mass is 10.2. The van der Waals surface area contributed by atoms with E-state index >= 15 is 0 Å². The maximum Gasteiger partial charge on any atom is 0.312 e. The lowest BCUT2D eigenvalue weighted by molar-refractivity contribution is -0.385. The van der Waals surface area contributed by atoms with Crippen LogP contribution in [0.4, 0.5) is 11.4 Å². The number of ether oxygens (including phenoxy) is 1. The molecule has 0 radical (unpaired) electrons. The number of nitrogens with zero attached hydrogens (tertiary/aromatic N) is 3. The molecule has 1 heterocycles. The van der Waals surface area contributed by atoms with E-state index < -0.39 is 10.8 Å². The van der Waals surface area contributed by atoms with Crippen LogP contribution in [0.5, 0.6) is 5.75 Å². The number of hydrogen-bond acceptors (Lipinski definition) is 8. The van der Waals surface area contributed by atoms with E-state index in [-0.39, 0.29) is 16.5 Å². The van der Waals surface area contributed by atoms with E-state index in [1.54, 1.807) is 24.3 Å². The molecule has 2 N–H and O–H groups in total. The van der Waals surface area contributed by atoms with Crippen LogP contribution >= 0.6 is 23.9 Å². The number of methoxy groups -OCH3 is 1. The molecule has 1 aromatic heterocycles. The average molecular weight is 389 g/mol. The molecule has 132 valence electrons. The molecule has 0 saturated heterocycles. The average Bonchev–Trinajstić information content (AvgIpc) is 3.09. The van der Waals surface area contributed by atoms with Gasteiger partial charge in [-0.2, -0.15) is 8.75 Å². The first-order chi connectivity index (χ1) is 12.5. The van der Waals surface area contributed by atoms with Crippen molar-refractivity contribution >= 4 is 57.4 Å².